The van der Waals surface area contributed by atoms with Gasteiger partial charge in [0.25, 0.3) is 0 Å². The van der Waals surface area contributed by atoms with Gasteiger partial charge in [0, 0.05) is 11.1 Å². The van der Waals surface area contributed by atoms with Gasteiger partial charge in [0.2, 0.25) is 0 Å². The van der Waals surface area contributed by atoms with Gasteiger partial charge in [-0.25, -0.2) is 8.42 Å². The molecule has 0 radical (unpaired) electrons. The van der Waals surface area contributed by atoms with Crippen LogP contribution in [-0.2, 0) is 9.84 Å². The lowest BCUT2D eigenvalue weighted by Gasteiger charge is -2.19. The first-order chi connectivity index (χ1) is 9.93. The van der Waals surface area contributed by atoms with E-state index in [0.717, 1.165) is 18.5 Å². The highest BCUT2D eigenvalue weighted by atomic mass is 32.2. The number of rotatable bonds is 6. The maximum Gasteiger partial charge on any atom is 0.175 e. The normalized spacial score (nSPS) is 13.3. The molecule has 1 heterocycles. The van der Waals surface area contributed by atoms with Gasteiger partial charge in [-0.2, -0.15) is 0 Å². The lowest BCUT2D eigenvalue weighted by atomic mass is 10.0. The molecule has 1 N–H and O–H groups in total. The first-order valence-electron chi connectivity index (χ1n) is 7.01. The smallest absolute Gasteiger partial charge is 0.175 e. The highest BCUT2D eigenvalue weighted by Crippen LogP contribution is 2.30. The number of nitrogens with one attached hydrogen (secondary N) is 1. The summed E-state index contributed by atoms with van der Waals surface area (Å²) in [6, 6.07) is 9.38. The molecule has 2 aromatic rings. The molecule has 2 rings (SSSR count). The van der Waals surface area contributed by atoms with Crippen LogP contribution in [0, 0.1) is 6.92 Å². The van der Waals surface area contributed by atoms with Gasteiger partial charge < -0.3 is 5.32 Å². The number of sulfone groups is 1. The molecular weight excluding hydrogens is 302 g/mol. The second-order valence-corrected chi connectivity index (χ2v) is 8.16. The van der Waals surface area contributed by atoms with E-state index < -0.39 is 9.84 Å². The van der Waals surface area contributed by atoms with Crippen LogP contribution in [0.1, 0.15) is 35.4 Å². The molecule has 0 aliphatic carbocycles. The van der Waals surface area contributed by atoms with Crippen molar-refractivity contribution in [2.24, 2.45) is 0 Å². The number of hydrogen-bond acceptors (Lipinski definition) is 4. The van der Waals surface area contributed by atoms with Crippen LogP contribution in [0.5, 0.6) is 0 Å². The van der Waals surface area contributed by atoms with Crippen molar-refractivity contribution in [3.8, 4) is 0 Å². The molecule has 0 spiro atoms. The number of benzene rings is 1. The third kappa shape index (κ3) is 3.93. The van der Waals surface area contributed by atoms with Crippen molar-refractivity contribution in [3.63, 3.8) is 0 Å². The van der Waals surface area contributed by atoms with Crippen LogP contribution in [0.25, 0.3) is 0 Å². The summed E-state index contributed by atoms with van der Waals surface area (Å²) in [6.45, 7) is 5.11. The second-order valence-electron chi connectivity index (χ2n) is 5.20. The molecule has 5 heteroatoms. The Hall–Kier alpha value is -1.17. The van der Waals surface area contributed by atoms with Crippen molar-refractivity contribution >= 4 is 21.2 Å². The third-order valence-electron chi connectivity index (χ3n) is 3.38. The molecule has 1 atom stereocenters. The lowest BCUT2D eigenvalue weighted by molar-refractivity contribution is 0.596. The summed E-state index contributed by atoms with van der Waals surface area (Å²) in [5, 5.41) is 5.60. The summed E-state index contributed by atoms with van der Waals surface area (Å²) >= 11 is 1.70. The Morgan fingerprint density at radius 2 is 2.05 bits per heavy atom. The highest BCUT2D eigenvalue weighted by Gasteiger charge is 2.18. The molecular formula is C16H21NO2S2. The van der Waals surface area contributed by atoms with Crippen molar-refractivity contribution < 1.29 is 8.42 Å². The van der Waals surface area contributed by atoms with E-state index in [1.54, 1.807) is 23.5 Å². The van der Waals surface area contributed by atoms with Gasteiger partial charge >= 0.3 is 0 Å². The summed E-state index contributed by atoms with van der Waals surface area (Å²) in [4.78, 5) is 1.62. The maximum atomic E-state index is 11.8. The van der Waals surface area contributed by atoms with Gasteiger partial charge in [-0.15, -0.1) is 11.3 Å². The average Bonchev–Trinajstić information content (AvgIpc) is 2.85. The molecule has 114 valence electrons. The van der Waals surface area contributed by atoms with E-state index in [1.807, 2.05) is 12.1 Å². The van der Waals surface area contributed by atoms with E-state index in [-0.39, 0.29) is 6.04 Å². The average molecular weight is 323 g/mol. The fourth-order valence-electron chi connectivity index (χ4n) is 2.26. The standard InChI is InChI=1S/C16H21NO2S2/c1-4-9-17-15(16-12(2)8-10-20-16)13-6-5-7-14(11-13)21(3,18)19/h5-8,10-11,15,17H,4,9H2,1-3H3. The van der Waals surface area contributed by atoms with Crippen molar-refractivity contribution in [2.45, 2.75) is 31.2 Å². The van der Waals surface area contributed by atoms with Gasteiger partial charge in [-0.3, -0.25) is 0 Å². The Morgan fingerprint density at radius 1 is 1.29 bits per heavy atom. The lowest BCUT2D eigenvalue weighted by Crippen LogP contribution is -2.23. The van der Waals surface area contributed by atoms with Crippen LogP contribution in [0.2, 0.25) is 0 Å². The second kappa shape index (κ2) is 6.73. The molecule has 0 fully saturated rings. The summed E-state index contributed by atoms with van der Waals surface area (Å²) in [5.41, 5.74) is 2.23. The Bertz CT molecular complexity index is 705. The predicted molar refractivity (Wildman–Crippen MR) is 88.7 cm³/mol. The van der Waals surface area contributed by atoms with Crippen LogP contribution in [0.3, 0.4) is 0 Å². The molecule has 1 unspecified atom stereocenters. The molecule has 1 aromatic heterocycles. The minimum atomic E-state index is -3.18. The number of hydrogen-bond donors (Lipinski definition) is 1. The molecule has 0 amide bonds. The zero-order valence-corrected chi connectivity index (χ0v) is 14.2. The largest absolute Gasteiger partial charge is 0.306 e. The van der Waals surface area contributed by atoms with E-state index in [1.165, 1.54) is 16.7 Å². The van der Waals surface area contributed by atoms with Crippen LogP contribution in [0.4, 0.5) is 0 Å². The number of thiophene rings is 1. The number of aryl methyl sites for hydroxylation is 1. The zero-order chi connectivity index (χ0) is 15.5. The first-order valence-corrected chi connectivity index (χ1v) is 9.78. The Kier molecular flexibility index (Phi) is 5.19. The molecule has 0 aliphatic rings. The highest BCUT2D eigenvalue weighted by molar-refractivity contribution is 7.90. The Morgan fingerprint density at radius 3 is 2.62 bits per heavy atom. The SMILES string of the molecule is CCCNC(c1cccc(S(C)(=O)=O)c1)c1sccc1C. The van der Waals surface area contributed by atoms with Crippen molar-refractivity contribution in [3.05, 3.63) is 51.7 Å². The summed E-state index contributed by atoms with van der Waals surface area (Å²) in [7, 11) is -3.18. The van der Waals surface area contributed by atoms with E-state index in [4.69, 9.17) is 0 Å². The van der Waals surface area contributed by atoms with Crippen molar-refractivity contribution in [1.29, 1.82) is 0 Å². The molecule has 0 saturated heterocycles. The van der Waals surface area contributed by atoms with Gasteiger partial charge in [0.1, 0.15) is 0 Å². The fourth-order valence-corrected chi connectivity index (χ4v) is 3.96. The molecule has 3 nitrogen and oxygen atoms in total. The Labute approximate surface area is 130 Å². The van der Waals surface area contributed by atoms with Crippen LogP contribution < -0.4 is 5.32 Å². The minimum Gasteiger partial charge on any atom is -0.306 e. The summed E-state index contributed by atoms with van der Waals surface area (Å²) < 4.78 is 23.5. The van der Waals surface area contributed by atoms with Gasteiger partial charge in [-0.05, 0) is 54.6 Å². The van der Waals surface area contributed by atoms with Crippen LogP contribution in [0.15, 0.2) is 40.6 Å². The minimum absolute atomic E-state index is 0.0478. The summed E-state index contributed by atoms with van der Waals surface area (Å²) in [5.74, 6) is 0. The first kappa shape index (κ1) is 16.2. The van der Waals surface area contributed by atoms with Crippen LogP contribution in [-0.4, -0.2) is 21.2 Å². The maximum absolute atomic E-state index is 11.8. The topological polar surface area (TPSA) is 46.2 Å². The van der Waals surface area contributed by atoms with Crippen molar-refractivity contribution in [2.75, 3.05) is 12.8 Å². The van der Waals surface area contributed by atoms with Gasteiger partial charge in [0.05, 0.1) is 10.9 Å². The predicted octanol–water partition coefficient (Wildman–Crippen LogP) is 3.55. The molecule has 0 saturated carbocycles. The van der Waals surface area contributed by atoms with Gasteiger partial charge in [0.15, 0.2) is 9.84 Å². The quantitative estimate of drug-likeness (QED) is 0.884. The van der Waals surface area contributed by atoms with E-state index in [0.29, 0.717) is 4.90 Å². The fraction of sp³-hybridized carbons (Fsp3) is 0.375. The third-order valence-corrected chi connectivity index (χ3v) is 5.58. The van der Waals surface area contributed by atoms with E-state index in [9.17, 15) is 8.42 Å². The van der Waals surface area contributed by atoms with E-state index in [2.05, 4.69) is 30.6 Å². The monoisotopic (exact) mass is 323 g/mol. The summed E-state index contributed by atoms with van der Waals surface area (Å²) in [6.07, 6.45) is 2.28. The van der Waals surface area contributed by atoms with E-state index >= 15 is 0 Å². The molecule has 0 bridgehead atoms. The molecule has 1 aromatic carbocycles. The van der Waals surface area contributed by atoms with Gasteiger partial charge in [-0.1, -0.05) is 19.1 Å². The van der Waals surface area contributed by atoms with Crippen LogP contribution >= 0.6 is 11.3 Å². The Balaban J connectivity index is 2.44. The molecule has 0 aliphatic heterocycles. The molecule has 21 heavy (non-hydrogen) atoms. The zero-order valence-electron chi connectivity index (χ0n) is 12.6. The van der Waals surface area contributed by atoms with Crippen molar-refractivity contribution in [1.82, 2.24) is 5.32 Å².